The summed E-state index contributed by atoms with van der Waals surface area (Å²) in [6.45, 7) is 13.5. The molecule has 2 aromatic rings. The van der Waals surface area contributed by atoms with Crippen LogP contribution in [0.25, 0.3) is 0 Å². The standard InChI is InChI=1S/C24H29NO3/c1-14-11-19-18(23(3,4)13-15(2)24(19,5)6)12-20(14)25-21(26)16-7-9-17(10-8-16)22(27)28/h7-12,15H,13H2,1-6H3,(H,25,26)(H,27,28). The number of carbonyl (C=O) groups excluding carboxylic acids is 1. The summed E-state index contributed by atoms with van der Waals surface area (Å²) in [6.07, 6.45) is 1.10. The van der Waals surface area contributed by atoms with Crippen molar-refractivity contribution in [2.24, 2.45) is 5.92 Å². The predicted octanol–water partition coefficient (Wildman–Crippen LogP) is 5.54. The van der Waals surface area contributed by atoms with Gasteiger partial charge in [-0.1, -0.05) is 40.7 Å². The highest BCUT2D eigenvalue weighted by Gasteiger charge is 2.42. The van der Waals surface area contributed by atoms with Crippen LogP contribution in [0.3, 0.4) is 0 Å². The SMILES string of the molecule is Cc1cc2c(cc1NC(=O)c1ccc(C(=O)O)cc1)C(C)(C)CC(C)C2(C)C. The number of aryl methyl sites for hydroxylation is 1. The van der Waals surface area contributed by atoms with Crippen molar-refractivity contribution in [3.63, 3.8) is 0 Å². The summed E-state index contributed by atoms with van der Waals surface area (Å²) in [7, 11) is 0. The molecular weight excluding hydrogens is 350 g/mol. The molecule has 1 amide bonds. The van der Waals surface area contributed by atoms with Gasteiger partial charge in [-0.25, -0.2) is 4.79 Å². The van der Waals surface area contributed by atoms with Gasteiger partial charge in [-0.2, -0.15) is 0 Å². The molecule has 28 heavy (non-hydrogen) atoms. The van der Waals surface area contributed by atoms with E-state index in [1.54, 1.807) is 12.1 Å². The Morgan fingerprint density at radius 2 is 1.57 bits per heavy atom. The highest BCUT2D eigenvalue weighted by atomic mass is 16.4. The smallest absolute Gasteiger partial charge is 0.335 e. The first-order valence-corrected chi connectivity index (χ1v) is 9.74. The molecule has 0 fully saturated rings. The third-order valence-corrected chi connectivity index (χ3v) is 6.48. The van der Waals surface area contributed by atoms with Crippen LogP contribution >= 0.6 is 0 Å². The lowest BCUT2D eigenvalue weighted by Crippen LogP contribution is -2.40. The van der Waals surface area contributed by atoms with Gasteiger partial charge in [-0.3, -0.25) is 4.79 Å². The van der Waals surface area contributed by atoms with Crippen LogP contribution < -0.4 is 5.32 Å². The van der Waals surface area contributed by atoms with Crippen LogP contribution in [0.15, 0.2) is 36.4 Å². The maximum Gasteiger partial charge on any atom is 0.335 e. The number of aromatic carboxylic acids is 1. The lowest BCUT2D eigenvalue weighted by Gasteiger charge is -2.47. The van der Waals surface area contributed by atoms with Gasteiger partial charge in [0, 0.05) is 11.3 Å². The number of carboxylic acid groups (broad SMARTS) is 1. The molecule has 4 nitrogen and oxygen atoms in total. The van der Waals surface area contributed by atoms with Crippen molar-refractivity contribution in [2.45, 2.75) is 58.8 Å². The second-order valence-electron chi connectivity index (χ2n) is 9.26. The molecule has 0 saturated carbocycles. The fourth-order valence-electron chi connectivity index (χ4n) is 4.29. The summed E-state index contributed by atoms with van der Waals surface area (Å²) in [5, 5.41) is 12.0. The molecule has 0 saturated heterocycles. The zero-order valence-electron chi connectivity index (χ0n) is 17.5. The number of anilines is 1. The average Bonchev–Trinajstić information content (AvgIpc) is 2.61. The second kappa shape index (κ2) is 6.77. The summed E-state index contributed by atoms with van der Waals surface area (Å²) >= 11 is 0. The maximum atomic E-state index is 12.7. The molecule has 1 aliphatic carbocycles. The van der Waals surface area contributed by atoms with Gasteiger partial charge in [0.25, 0.3) is 5.91 Å². The molecule has 0 bridgehead atoms. The number of benzene rings is 2. The first kappa shape index (κ1) is 20.1. The number of hydrogen-bond acceptors (Lipinski definition) is 2. The molecule has 1 unspecified atom stereocenters. The topological polar surface area (TPSA) is 66.4 Å². The van der Waals surface area contributed by atoms with Crippen molar-refractivity contribution < 1.29 is 14.7 Å². The second-order valence-corrected chi connectivity index (χ2v) is 9.26. The van der Waals surface area contributed by atoms with Crippen molar-refractivity contribution in [1.82, 2.24) is 0 Å². The van der Waals surface area contributed by atoms with Crippen LogP contribution in [0.5, 0.6) is 0 Å². The predicted molar refractivity (Wildman–Crippen MR) is 112 cm³/mol. The van der Waals surface area contributed by atoms with Crippen molar-refractivity contribution in [3.05, 3.63) is 64.2 Å². The van der Waals surface area contributed by atoms with Gasteiger partial charge >= 0.3 is 5.97 Å². The monoisotopic (exact) mass is 379 g/mol. The van der Waals surface area contributed by atoms with Crippen LogP contribution in [0, 0.1) is 12.8 Å². The van der Waals surface area contributed by atoms with E-state index in [-0.39, 0.29) is 22.3 Å². The Balaban J connectivity index is 1.96. The van der Waals surface area contributed by atoms with E-state index in [0.717, 1.165) is 17.7 Å². The van der Waals surface area contributed by atoms with Crippen molar-refractivity contribution >= 4 is 17.6 Å². The normalized spacial score (nSPS) is 19.6. The van der Waals surface area contributed by atoms with Crippen LogP contribution in [0.1, 0.15) is 78.4 Å². The summed E-state index contributed by atoms with van der Waals surface area (Å²) in [5.41, 5.74) is 5.23. The molecule has 3 rings (SSSR count). The first-order chi connectivity index (χ1) is 12.9. The maximum absolute atomic E-state index is 12.7. The van der Waals surface area contributed by atoms with Gasteiger partial charge in [0.15, 0.2) is 0 Å². The molecule has 0 aromatic heterocycles. The van der Waals surface area contributed by atoms with Crippen LogP contribution in [-0.4, -0.2) is 17.0 Å². The molecule has 0 heterocycles. The Bertz CT molecular complexity index is 939. The molecular formula is C24H29NO3. The van der Waals surface area contributed by atoms with E-state index in [2.05, 4.69) is 52.1 Å². The van der Waals surface area contributed by atoms with Crippen LogP contribution in [0.4, 0.5) is 5.69 Å². The van der Waals surface area contributed by atoms with E-state index < -0.39 is 5.97 Å². The first-order valence-electron chi connectivity index (χ1n) is 9.74. The molecule has 1 aliphatic rings. The third kappa shape index (κ3) is 3.44. The number of carbonyl (C=O) groups is 2. The lowest BCUT2D eigenvalue weighted by molar-refractivity contribution is 0.0696. The Hall–Kier alpha value is -2.62. The van der Waals surface area contributed by atoms with E-state index >= 15 is 0 Å². The fraction of sp³-hybridized carbons (Fsp3) is 0.417. The summed E-state index contributed by atoms with van der Waals surface area (Å²) in [5.74, 6) is -0.666. The quantitative estimate of drug-likeness (QED) is 0.736. The van der Waals surface area contributed by atoms with Crippen LogP contribution in [0.2, 0.25) is 0 Å². The van der Waals surface area contributed by atoms with Crippen molar-refractivity contribution in [2.75, 3.05) is 5.32 Å². The number of carboxylic acids is 1. The van der Waals surface area contributed by atoms with E-state index in [1.165, 1.54) is 23.3 Å². The molecule has 148 valence electrons. The lowest BCUT2D eigenvalue weighted by atomic mass is 9.58. The molecule has 2 aromatic carbocycles. The van der Waals surface area contributed by atoms with Crippen molar-refractivity contribution in [3.8, 4) is 0 Å². The van der Waals surface area contributed by atoms with Gasteiger partial charge in [-0.15, -0.1) is 0 Å². The third-order valence-electron chi connectivity index (χ3n) is 6.48. The van der Waals surface area contributed by atoms with Gasteiger partial charge in [0.05, 0.1) is 5.56 Å². The Kier molecular flexibility index (Phi) is 4.86. The highest BCUT2D eigenvalue weighted by molar-refractivity contribution is 6.05. The molecule has 0 spiro atoms. The van der Waals surface area contributed by atoms with E-state index in [4.69, 9.17) is 5.11 Å². The zero-order valence-corrected chi connectivity index (χ0v) is 17.5. The van der Waals surface area contributed by atoms with Crippen molar-refractivity contribution in [1.29, 1.82) is 0 Å². The largest absolute Gasteiger partial charge is 0.478 e. The average molecular weight is 380 g/mol. The molecule has 1 atom stereocenters. The minimum absolute atomic E-state index is 0.0422. The molecule has 0 radical (unpaired) electrons. The Morgan fingerprint density at radius 3 is 2.14 bits per heavy atom. The zero-order chi connectivity index (χ0) is 20.9. The number of fused-ring (bicyclic) bond motifs is 1. The number of amides is 1. The minimum Gasteiger partial charge on any atom is -0.478 e. The molecule has 2 N–H and O–H groups in total. The van der Waals surface area contributed by atoms with E-state index in [1.807, 2.05) is 6.92 Å². The minimum atomic E-state index is -1.00. The van der Waals surface area contributed by atoms with Gasteiger partial charge in [0.2, 0.25) is 0 Å². The Morgan fingerprint density at radius 1 is 1.00 bits per heavy atom. The summed E-state index contributed by atoms with van der Waals surface area (Å²) < 4.78 is 0. The molecule has 0 aliphatic heterocycles. The van der Waals surface area contributed by atoms with Crippen LogP contribution in [-0.2, 0) is 10.8 Å². The number of hydrogen-bond donors (Lipinski definition) is 2. The van der Waals surface area contributed by atoms with Gasteiger partial charge in [0.1, 0.15) is 0 Å². The van der Waals surface area contributed by atoms with Gasteiger partial charge in [-0.05, 0) is 77.1 Å². The fourth-order valence-corrected chi connectivity index (χ4v) is 4.29. The summed E-state index contributed by atoms with van der Waals surface area (Å²) in [6, 6.07) is 10.3. The van der Waals surface area contributed by atoms with Gasteiger partial charge < -0.3 is 10.4 Å². The van der Waals surface area contributed by atoms with E-state index in [0.29, 0.717) is 11.5 Å². The number of nitrogens with one attached hydrogen (secondary N) is 1. The Labute approximate surface area is 167 Å². The number of rotatable bonds is 3. The molecule has 4 heteroatoms. The summed E-state index contributed by atoms with van der Waals surface area (Å²) in [4.78, 5) is 23.7. The highest BCUT2D eigenvalue weighted by Crippen LogP contribution is 2.50. The van der Waals surface area contributed by atoms with E-state index in [9.17, 15) is 9.59 Å².